The molecule has 0 unspecified atom stereocenters. The van der Waals surface area contributed by atoms with E-state index in [-0.39, 0.29) is 24.3 Å². The molecule has 0 fully saturated rings. The Labute approximate surface area is 166 Å². The maximum atomic E-state index is 12.1. The molecule has 0 radical (unpaired) electrons. The Kier molecular flexibility index (Phi) is 7.24. The van der Waals surface area contributed by atoms with Gasteiger partial charge in [0.25, 0.3) is 11.6 Å². The molecule has 2 N–H and O–H groups in total. The number of benzene rings is 2. The molecule has 0 saturated carbocycles. The highest BCUT2D eigenvalue weighted by Gasteiger charge is 2.16. The number of hydrogen-bond donors (Lipinski definition) is 2. The molecule has 29 heavy (non-hydrogen) atoms. The zero-order valence-corrected chi connectivity index (χ0v) is 15.9. The van der Waals surface area contributed by atoms with E-state index in [1.165, 1.54) is 32.4 Å². The van der Waals surface area contributed by atoms with Gasteiger partial charge in [-0.15, -0.1) is 0 Å². The number of nitrogens with one attached hydrogen (secondary N) is 2. The van der Waals surface area contributed by atoms with Gasteiger partial charge in [0.1, 0.15) is 5.75 Å². The van der Waals surface area contributed by atoms with E-state index in [1.807, 2.05) is 0 Å². The molecule has 0 spiro atoms. The standard InChI is InChI=1S/C19H20N4O6/c1-22(12-17(24)21-14-6-8-16(29-2)9-7-14)18(25)11-20-19(26)13-4-3-5-15(10-13)23(27)28/h3-10H,11-12H2,1-2H3,(H,20,26)(H,21,24). The fraction of sp³-hybridized carbons (Fsp3) is 0.211. The number of rotatable bonds is 8. The second kappa shape index (κ2) is 9.83. The van der Waals surface area contributed by atoms with E-state index in [4.69, 9.17) is 4.74 Å². The normalized spacial score (nSPS) is 10.0. The van der Waals surface area contributed by atoms with Gasteiger partial charge >= 0.3 is 0 Å². The molecule has 152 valence electrons. The average Bonchev–Trinajstić information content (AvgIpc) is 2.72. The highest BCUT2D eigenvalue weighted by Crippen LogP contribution is 2.15. The molecule has 0 saturated heterocycles. The van der Waals surface area contributed by atoms with Crippen LogP contribution >= 0.6 is 0 Å². The highest BCUT2D eigenvalue weighted by molar-refractivity contribution is 5.98. The summed E-state index contributed by atoms with van der Waals surface area (Å²) in [5.74, 6) is -0.877. The summed E-state index contributed by atoms with van der Waals surface area (Å²) in [5.41, 5.74) is 0.388. The number of non-ortho nitro benzene ring substituents is 1. The summed E-state index contributed by atoms with van der Waals surface area (Å²) < 4.78 is 5.03. The molecular weight excluding hydrogens is 380 g/mol. The molecular formula is C19H20N4O6. The van der Waals surface area contributed by atoms with Crippen LogP contribution in [0.5, 0.6) is 5.75 Å². The van der Waals surface area contributed by atoms with Crippen molar-refractivity contribution in [2.45, 2.75) is 0 Å². The number of nitro benzene ring substituents is 1. The summed E-state index contributed by atoms with van der Waals surface area (Å²) in [5, 5.41) is 15.8. The zero-order chi connectivity index (χ0) is 21.4. The van der Waals surface area contributed by atoms with Crippen LogP contribution in [0.25, 0.3) is 0 Å². The zero-order valence-electron chi connectivity index (χ0n) is 15.9. The molecule has 0 aliphatic carbocycles. The van der Waals surface area contributed by atoms with Gasteiger partial charge in [-0.25, -0.2) is 0 Å². The Balaban J connectivity index is 1.83. The molecule has 3 amide bonds. The largest absolute Gasteiger partial charge is 0.497 e. The van der Waals surface area contributed by atoms with Gasteiger partial charge in [0.05, 0.1) is 25.1 Å². The minimum absolute atomic E-state index is 0.0619. The van der Waals surface area contributed by atoms with Crippen LogP contribution in [0.1, 0.15) is 10.4 Å². The van der Waals surface area contributed by atoms with Crippen molar-refractivity contribution in [1.82, 2.24) is 10.2 Å². The summed E-state index contributed by atoms with van der Waals surface area (Å²) in [6, 6.07) is 11.9. The molecule has 0 aliphatic heterocycles. The molecule has 10 heteroatoms. The maximum Gasteiger partial charge on any atom is 0.270 e. The Morgan fingerprint density at radius 3 is 2.45 bits per heavy atom. The van der Waals surface area contributed by atoms with Gasteiger partial charge in [-0.3, -0.25) is 24.5 Å². The van der Waals surface area contributed by atoms with Crippen molar-refractivity contribution in [3.63, 3.8) is 0 Å². The molecule has 0 heterocycles. The number of amides is 3. The van der Waals surface area contributed by atoms with Gasteiger partial charge < -0.3 is 20.3 Å². The van der Waals surface area contributed by atoms with Crippen LogP contribution < -0.4 is 15.4 Å². The van der Waals surface area contributed by atoms with Crippen molar-refractivity contribution >= 4 is 29.1 Å². The van der Waals surface area contributed by atoms with Crippen LogP contribution in [-0.2, 0) is 9.59 Å². The van der Waals surface area contributed by atoms with E-state index in [9.17, 15) is 24.5 Å². The predicted octanol–water partition coefficient (Wildman–Crippen LogP) is 1.43. The summed E-state index contributed by atoms with van der Waals surface area (Å²) in [4.78, 5) is 47.6. The van der Waals surface area contributed by atoms with Crippen LogP contribution in [-0.4, -0.2) is 54.8 Å². The van der Waals surface area contributed by atoms with E-state index < -0.39 is 22.6 Å². The Hall–Kier alpha value is -3.95. The number of ether oxygens (including phenoxy) is 1. The predicted molar refractivity (Wildman–Crippen MR) is 105 cm³/mol. The van der Waals surface area contributed by atoms with Crippen LogP contribution in [0.4, 0.5) is 11.4 Å². The van der Waals surface area contributed by atoms with Crippen molar-refractivity contribution in [3.05, 3.63) is 64.2 Å². The van der Waals surface area contributed by atoms with Crippen LogP contribution in [0.2, 0.25) is 0 Å². The van der Waals surface area contributed by atoms with Crippen molar-refractivity contribution in [2.24, 2.45) is 0 Å². The fourth-order valence-electron chi connectivity index (χ4n) is 2.33. The minimum Gasteiger partial charge on any atom is -0.497 e. The summed E-state index contributed by atoms with van der Waals surface area (Å²) in [6.45, 7) is -0.564. The molecule has 0 aliphatic rings. The van der Waals surface area contributed by atoms with E-state index in [0.29, 0.717) is 11.4 Å². The Morgan fingerprint density at radius 2 is 1.83 bits per heavy atom. The van der Waals surface area contributed by atoms with E-state index in [0.717, 1.165) is 11.0 Å². The quantitative estimate of drug-likeness (QED) is 0.509. The molecule has 10 nitrogen and oxygen atoms in total. The molecule has 2 rings (SSSR count). The van der Waals surface area contributed by atoms with Crippen LogP contribution in [0, 0.1) is 10.1 Å². The van der Waals surface area contributed by atoms with Gasteiger partial charge in [-0.1, -0.05) is 6.07 Å². The number of carbonyl (C=O) groups excluding carboxylic acids is 3. The number of anilines is 1. The van der Waals surface area contributed by atoms with Gasteiger partial charge in [-0.2, -0.15) is 0 Å². The molecule has 0 bridgehead atoms. The van der Waals surface area contributed by atoms with Crippen molar-refractivity contribution in [1.29, 1.82) is 0 Å². The number of nitrogens with zero attached hydrogens (tertiary/aromatic N) is 2. The van der Waals surface area contributed by atoms with Crippen molar-refractivity contribution in [3.8, 4) is 5.75 Å². The summed E-state index contributed by atoms with van der Waals surface area (Å²) in [6.07, 6.45) is 0. The lowest BCUT2D eigenvalue weighted by Crippen LogP contribution is -2.41. The lowest BCUT2D eigenvalue weighted by molar-refractivity contribution is -0.384. The lowest BCUT2D eigenvalue weighted by atomic mass is 10.2. The van der Waals surface area contributed by atoms with Gasteiger partial charge in [0.2, 0.25) is 11.8 Å². The number of likely N-dealkylation sites (N-methyl/N-ethyl adjacent to an activating group) is 1. The second-order valence-electron chi connectivity index (χ2n) is 6.02. The average molecular weight is 400 g/mol. The first-order valence-corrected chi connectivity index (χ1v) is 8.50. The lowest BCUT2D eigenvalue weighted by Gasteiger charge is -2.17. The van der Waals surface area contributed by atoms with Gasteiger partial charge in [-0.05, 0) is 30.3 Å². The number of hydrogen-bond acceptors (Lipinski definition) is 6. The van der Waals surface area contributed by atoms with Crippen molar-refractivity contribution in [2.75, 3.05) is 32.6 Å². The first-order chi connectivity index (χ1) is 13.8. The third kappa shape index (κ3) is 6.31. The summed E-state index contributed by atoms with van der Waals surface area (Å²) >= 11 is 0. The molecule has 2 aromatic carbocycles. The third-order valence-corrected chi connectivity index (χ3v) is 3.90. The summed E-state index contributed by atoms with van der Waals surface area (Å²) in [7, 11) is 2.96. The number of methoxy groups -OCH3 is 1. The first-order valence-electron chi connectivity index (χ1n) is 8.50. The van der Waals surface area contributed by atoms with E-state index >= 15 is 0 Å². The minimum atomic E-state index is -0.627. The topological polar surface area (TPSA) is 131 Å². The third-order valence-electron chi connectivity index (χ3n) is 3.90. The highest BCUT2D eigenvalue weighted by atomic mass is 16.6. The molecule has 0 aromatic heterocycles. The fourth-order valence-corrected chi connectivity index (χ4v) is 2.33. The molecule has 2 aromatic rings. The van der Waals surface area contributed by atoms with Gasteiger partial charge in [0.15, 0.2) is 0 Å². The maximum absolute atomic E-state index is 12.1. The SMILES string of the molecule is COc1ccc(NC(=O)CN(C)C(=O)CNC(=O)c2cccc([N+](=O)[O-])c2)cc1. The number of carbonyl (C=O) groups is 3. The Morgan fingerprint density at radius 1 is 1.14 bits per heavy atom. The van der Waals surface area contributed by atoms with E-state index in [1.54, 1.807) is 24.3 Å². The van der Waals surface area contributed by atoms with Crippen LogP contribution in [0.3, 0.4) is 0 Å². The first kappa shape index (κ1) is 21.4. The Bertz CT molecular complexity index is 913. The van der Waals surface area contributed by atoms with Crippen LogP contribution in [0.15, 0.2) is 48.5 Å². The number of nitro groups is 1. The molecule has 0 atom stereocenters. The smallest absolute Gasteiger partial charge is 0.270 e. The van der Waals surface area contributed by atoms with E-state index in [2.05, 4.69) is 10.6 Å². The van der Waals surface area contributed by atoms with Gasteiger partial charge in [0, 0.05) is 30.4 Å². The monoisotopic (exact) mass is 400 g/mol. The van der Waals surface area contributed by atoms with Crippen molar-refractivity contribution < 1.29 is 24.0 Å². The second-order valence-corrected chi connectivity index (χ2v) is 6.02.